The lowest BCUT2D eigenvalue weighted by atomic mass is 10.0. The zero-order valence-corrected chi connectivity index (χ0v) is 12.6. The molecule has 0 fully saturated rings. The largest absolute Gasteiger partial charge is 0.398 e. The SMILES string of the molecule is Nc1cccc(Br)c1CN1C(=O)CCc2ccccc21. The van der Waals surface area contributed by atoms with Crippen molar-refractivity contribution in [3.05, 3.63) is 58.1 Å². The van der Waals surface area contributed by atoms with Gasteiger partial charge in [-0.15, -0.1) is 0 Å². The van der Waals surface area contributed by atoms with E-state index in [0.29, 0.717) is 18.7 Å². The molecule has 0 saturated carbocycles. The Balaban J connectivity index is 2.00. The molecule has 0 aliphatic carbocycles. The van der Waals surface area contributed by atoms with Gasteiger partial charge < -0.3 is 10.6 Å². The minimum atomic E-state index is 0.152. The normalized spacial score (nSPS) is 14.2. The van der Waals surface area contributed by atoms with Crippen molar-refractivity contribution in [1.29, 1.82) is 0 Å². The average molecular weight is 331 g/mol. The molecule has 20 heavy (non-hydrogen) atoms. The van der Waals surface area contributed by atoms with Crippen molar-refractivity contribution in [2.45, 2.75) is 19.4 Å². The Bertz CT molecular complexity index is 649. The number of nitrogens with zero attached hydrogens (tertiary/aromatic N) is 1. The Morgan fingerprint density at radius 1 is 1.10 bits per heavy atom. The number of anilines is 2. The molecule has 0 radical (unpaired) electrons. The van der Waals surface area contributed by atoms with Crippen LogP contribution < -0.4 is 10.6 Å². The third kappa shape index (κ3) is 2.31. The number of carbonyl (C=O) groups excluding carboxylic acids is 1. The van der Waals surface area contributed by atoms with Crippen LogP contribution in [-0.2, 0) is 17.8 Å². The molecule has 102 valence electrons. The molecule has 3 rings (SSSR count). The summed E-state index contributed by atoms with van der Waals surface area (Å²) in [6, 6.07) is 13.8. The van der Waals surface area contributed by atoms with Crippen LogP contribution in [0.4, 0.5) is 11.4 Å². The Hall–Kier alpha value is -1.81. The Kier molecular flexibility index (Phi) is 3.49. The van der Waals surface area contributed by atoms with Crippen molar-refractivity contribution in [2.24, 2.45) is 0 Å². The number of hydrogen-bond acceptors (Lipinski definition) is 2. The van der Waals surface area contributed by atoms with Crippen molar-refractivity contribution in [3.8, 4) is 0 Å². The summed E-state index contributed by atoms with van der Waals surface area (Å²) >= 11 is 3.52. The van der Waals surface area contributed by atoms with Gasteiger partial charge in [0.1, 0.15) is 0 Å². The second kappa shape index (κ2) is 5.29. The van der Waals surface area contributed by atoms with Crippen LogP contribution in [0.5, 0.6) is 0 Å². The number of halogens is 1. The summed E-state index contributed by atoms with van der Waals surface area (Å²) < 4.78 is 0.938. The fourth-order valence-electron chi connectivity index (χ4n) is 2.57. The van der Waals surface area contributed by atoms with E-state index in [2.05, 4.69) is 22.0 Å². The van der Waals surface area contributed by atoms with Crippen LogP contribution in [0.15, 0.2) is 46.9 Å². The third-order valence-corrected chi connectivity index (χ3v) is 4.41. The Morgan fingerprint density at radius 2 is 1.90 bits per heavy atom. The fourth-order valence-corrected chi connectivity index (χ4v) is 3.08. The van der Waals surface area contributed by atoms with Crippen LogP contribution in [0, 0.1) is 0 Å². The predicted octanol–water partition coefficient (Wildman–Crippen LogP) is 3.51. The van der Waals surface area contributed by atoms with Crippen LogP contribution in [0.3, 0.4) is 0 Å². The highest BCUT2D eigenvalue weighted by Gasteiger charge is 2.24. The number of nitrogens with two attached hydrogens (primary N) is 1. The first-order valence-electron chi connectivity index (χ1n) is 6.58. The van der Waals surface area contributed by atoms with Gasteiger partial charge in [-0.3, -0.25) is 4.79 Å². The van der Waals surface area contributed by atoms with E-state index in [4.69, 9.17) is 5.73 Å². The van der Waals surface area contributed by atoms with Gasteiger partial charge in [-0.2, -0.15) is 0 Å². The van der Waals surface area contributed by atoms with Gasteiger partial charge in [-0.25, -0.2) is 0 Å². The van der Waals surface area contributed by atoms with E-state index in [9.17, 15) is 4.79 Å². The van der Waals surface area contributed by atoms with Gasteiger partial charge in [0, 0.05) is 27.8 Å². The molecule has 0 spiro atoms. The van der Waals surface area contributed by atoms with Gasteiger partial charge in [0.15, 0.2) is 0 Å². The molecule has 1 amide bonds. The zero-order chi connectivity index (χ0) is 14.1. The van der Waals surface area contributed by atoms with E-state index < -0.39 is 0 Å². The quantitative estimate of drug-likeness (QED) is 0.856. The first-order chi connectivity index (χ1) is 9.66. The van der Waals surface area contributed by atoms with Crippen LogP contribution in [0.1, 0.15) is 17.5 Å². The number of nitrogen functional groups attached to an aromatic ring is 1. The van der Waals surface area contributed by atoms with Gasteiger partial charge in [0.25, 0.3) is 0 Å². The average Bonchev–Trinajstić information content (AvgIpc) is 2.45. The van der Waals surface area contributed by atoms with E-state index in [0.717, 1.165) is 22.1 Å². The van der Waals surface area contributed by atoms with Crippen LogP contribution >= 0.6 is 15.9 Å². The van der Waals surface area contributed by atoms with Crippen molar-refractivity contribution in [3.63, 3.8) is 0 Å². The van der Waals surface area contributed by atoms with Crippen molar-refractivity contribution in [2.75, 3.05) is 10.6 Å². The van der Waals surface area contributed by atoms with Crippen LogP contribution in [-0.4, -0.2) is 5.91 Å². The molecule has 0 unspecified atom stereocenters. The maximum absolute atomic E-state index is 12.3. The molecule has 2 aromatic carbocycles. The van der Waals surface area contributed by atoms with Crippen molar-refractivity contribution >= 4 is 33.2 Å². The molecule has 1 aliphatic rings. The maximum atomic E-state index is 12.3. The predicted molar refractivity (Wildman–Crippen MR) is 84.5 cm³/mol. The Morgan fingerprint density at radius 3 is 2.70 bits per heavy atom. The molecule has 0 bridgehead atoms. The minimum absolute atomic E-state index is 0.152. The monoisotopic (exact) mass is 330 g/mol. The number of amides is 1. The number of carbonyl (C=O) groups is 1. The summed E-state index contributed by atoms with van der Waals surface area (Å²) in [5, 5.41) is 0. The summed E-state index contributed by atoms with van der Waals surface area (Å²) in [5.74, 6) is 0.152. The second-order valence-corrected chi connectivity index (χ2v) is 5.77. The minimum Gasteiger partial charge on any atom is -0.398 e. The molecular weight excluding hydrogens is 316 g/mol. The first-order valence-corrected chi connectivity index (χ1v) is 7.37. The lowest BCUT2D eigenvalue weighted by molar-refractivity contribution is -0.119. The van der Waals surface area contributed by atoms with Gasteiger partial charge in [0.2, 0.25) is 5.91 Å². The molecule has 3 nitrogen and oxygen atoms in total. The number of para-hydroxylation sites is 1. The van der Waals surface area contributed by atoms with E-state index in [1.807, 2.05) is 41.3 Å². The highest BCUT2D eigenvalue weighted by Crippen LogP contribution is 2.32. The highest BCUT2D eigenvalue weighted by atomic mass is 79.9. The van der Waals surface area contributed by atoms with E-state index in [1.165, 1.54) is 5.56 Å². The fraction of sp³-hybridized carbons (Fsp3) is 0.188. The van der Waals surface area contributed by atoms with Crippen LogP contribution in [0.2, 0.25) is 0 Å². The summed E-state index contributed by atoms with van der Waals surface area (Å²) in [5.41, 5.74) is 9.92. The molecule has 2 aromatic rings. The zero-order valence-electron chi connectivity index (χ0n) is 11.0. The third-order valence-electron chi connectivity index (χ3n) is 3.66. The number of aryl methyl sites for hydroxylation is 1. The van der Waals surface area contributed by atoms with E-state index in [1.54, 1.807) is 0 Å². The number of benzene rings is 2. The smallest absolute Gasteiger partial charge is 0.227 e. The molecule has 2 N–H and O–H groups in total. The van der Waals surface area contributed by atoms with Gasteiger partial charge in [-0.1, -0.05) is 40.2 Å². The molecule has 0 aromatic heterocycles. The molecule has 4 heteroatoms. The second-order valence-electron chi connectivity index (χ2n) is 4.92. The number of rotatable bonds is 2. The molecule has 1 aliphatic heterocycles. The molecular formula is C16H15BrN2O. The lowest BCUT2D eigenvalue weighted by Crippen LogP contribution is -2.34. The van der Waals surface area contributed by atoms with E-state index >= 15 is 0 Å². The lowest BCUT2D eigenvalue weighted by Gasteiger charge is -2.30. The Labute approximate surface area is 126 Å². The summed E-state index contributed by atoms with van der Waals surface area (Å²) in [6.45, 7) is 0.503. The standard InChI is InChI=1S/C16H15BrN2O/c17-13-5-3-6-14(18)12(13)10-19-15-7-2-1-4-11(15)8-9-16(19)20/h1-7H,8-10,18H2. The van der Waals surface area contributed by atoms with Crippen LogP contribution in [0.25, 0.3) is 0 Å². The van der Waals surface area contributed by atoms with Gasteiger partial charge in [-0.05, 0) is 30.2 Å². The molecule has 0 saturated heterocycles. The molecule has 0 atom stereocenters. The van der Waals surface area contributed by atoms with E-state index in [-0.39, 0.29) is 5.91 Å². The molecule has 1 heterocycles. The number of hydrogen-bond donors (Lipinski definition) is 1. The number of fused-ring (bicyclic) bond motifs is 1. The van der Waals surface area contributed by atoms with Gasteiger partial charge in [0.05, 0.1) is 6.54 Å². The van der Waals surface area contributed by atoms with Crippen molar-refractivity contribution < 1.29 is 4.79 Å². The maximum Gasteiger partial charge on any atom is 0.227 e. The first kappa shape index (κ1) is 13.2. The van der Waals surface area contributed by atoms with Crippen molar-refractivity contribution in [1.82, 2.24) is 0 Å². The summed E-state index contributed by atoms with van der Waals surface area (Å²) in [7, 11) is 0. The highest BCUT2D eigenvalue weighted by molar-refractivity contribution is 9.10. The summed E-state index contributed by atoms with van der Waals surface area (Å²) in [6.07, 6.45) is 1.37. The topological polar surface area (TPSA) is 46.3 Å². The van der Waals surface area contributed by atoms with Gasteiger partial charge >= 0.3 is 0 Å². The summed E-state index contributed by atoms with van der Waals surface area (Å²) in [4.78, 5) is 14.1.